The third kappa shape index (κ3) is 6.95. The molecule has 0 unspecified atom stereocenters. The summed E-state index contributed by atoms with van der Waals surface area (Å²) in [5, 5.41) is 6.56. The molecule has 0 aliphatic heterocycles. The van der Waals surface area contributed by atoms with E-state index >= 15 is 0 Å². The molecule has 0 heterocycles. The maximum Gasteiger partial charge on any atom is 0.253 e. The number of hydrogen-bond donors (Lipinski definition) is 2. The lowest BCUT2D eigenvalue weighted by molar-refractivity contribution is 0.0827. The van der Waals surface area contributed by atoms with Crippen LogP contribution in [0.2, 0.25) is 0 Å². The zero-order valence-corrected chi connectivity index (χ0v) is 19.0. The fourth-order valence-corrected chi connectivity index (χ4v) is 2.71. The topological polar surface area (TPSA) is 56.7 Å². The van der Waals surface area contributed by atoms with Crippen molar-refractivity contribution < 1.29 is 4.79 Å². The van der Waals surface area contributed by atoms with E-state index in [1.54, 1.807) is 26.0 Å². The number of carbonyl (C=O) groups excluding carboxylic acids is 1. The maximum atomic E-state index is 11.9. The Morgan fingerprint density at radius 1 is 1.04 bits per heavy atom. The molecule has 2 rings (SSSR count). The van der Waals surface area contributed by atoms with Gasteiger partial charge < -0.3 is 15.5 Å². The molecule has 0 saturated heterocycles. The van der Waals surface area contributed by atoms with Crippen molar-refractivity contribution in [2.45, 2.75) is 13.1 Å². The molecule has 140 valence electrons. The van der Waals surface area contributed by atoms with E-state index in [9.17, 15) is 4.79 Å². The average Bonchev–Trinajstić information content (AvgIpc) is 2.61. The van der Waals surface area contributed by atoms with Crippen LogP contribution in [0.15, 0.2) is 58.0 Å². The zero-order valence-electron chi connectivity index (χ0n) is 15.1. The molecule has 7 heteroatoms. The normalized spacial score (nSPS) is 10.7. The van der Waals surface area contributed by atoms with Gasteiger partial charge in [-0.05, 0) is 35.4 Å². The first-order valence-electron chi connectivity index (χ1n) is 7.99. The molecule has 1 amide bonds. The van der Waals surface area contributed by atoms with Gasteiger partial charge >= 0.3 is 0 Å². The van der Waals surface area contributed by atoms with Crippen LogP contribution in [-0.4, -0.2) is 37.9 Å². The van der Waals surface area contributed by atoms with Gasteiger partial charge in [-0.2, -0.15) is 0 Å². The highest BCUT2D eigenvalue weighted by Crippen LogP contribution is 2.11. The van der Waals surface area contributed by atoms with Crippen LogP contribution < -0.4 is 10.6 Å². The number of nitrogens with one attached hydrogen (secondary N) is 2. The summed E-state index contributed by atoms with van der Waals surface area (Å²) in [5.41, 5.74) is 2.94. The van der Waals surface area contributed by atoms with Crippen molar-refractivity contribution in [3.63, 3.8) is 0 Å². The van der Waals surface area contributed by atoms with E-state index in [0.717, 1.165) is 16.0 Å². The predicted molar refractivity (Wildman–Crippen MR) is 121 cm³/mol. The Balaban J connectivity index is 0.00000338. The molecule has 0 aliphatic rings. The molecule has 26 heavy (non-hydrogen) atoms. The van der Waals surface area contributed by atoms with Crippen LogP contribution in [0.1, 0.15) is 21.5 Å². The van der Waals surface area contributed by atoms with Crippen molar-refractivity contribution in [3.8, 4) is 0 Å². The van der Waals surface area contributed by atoms with E-state index in [-0.39, 0.29) is 29.9 Å². The predicted octanol–water partition coefficient (Wildman–Crippen LogP) is 3.63. The molecule has 0 fully saturated rings. The van der Waals surface area contributed by atoms with Crippen molar-refractivity contribution in [1.29, 1.82) is 0 Å². The van der Waals surface area contributed by atoms with E-state index in [1.807, 2.05) is 36.4 Å². The number of nitrogens with zero attached hydrogens (tertiary/aromatic N) is 2. The van der Waals surface area contributed by atoms with Gasteiger partial charge in [-0.1, -0.05) is 40.2 Å². The third-order valence-corrected chi connectivity index (χ3v) is 4.13. The molecular formula is C19H24BrIN4O. The molecule has 0 spiro atoms. The summed E-state index contributed by atoms with van der Waals surface area (Å²) < 4.78 is 1.06. The molecule has 0 radical (unpaired) electrons. The van der Waals surface area contributed by atoms with E-state index < -0.39 is 0 Å². The second-order valence-corrected chi connectivity index (χ2v) is 6.72. The summed E-state index contributed by atoms with van der Waals surface area (Å²) in [4.78, 5) is 17.7. The standard InChI is InChI=1S/C19H23BrN4O.HI/c1-21-19(23-13-15-5-4-6-17(20)11-15)22-12-14-7-9-16(10-8-14)18(25)24(2)3;/h4-11H,12-13H2,1-3H3,(H2,21,22,23);1H. The number of guanidine groups is 1. The van der Waals surface area contributed by atoms with Crippen molar-refractivity contribution in [2.75, 3.05) is 21.1 Å². The summed E-state index contributed by atoms with van der Waals surface area (Å²) in [6, 6.07) is 15.7. The lowest BCUT2D eigenvalue weighted by Gasteiger charge is -2.13. The van der Waals surface area contributed by atoms with Crippen molar-refractivity contribution in [3.05, 3.63) is 69.7 Å². The van der Waals surface area contributed by atoms with Gasteiger partial charge in [-0.25, -0.2) is 0 Å². The first-order valence-corrected chi connectivity index (χ1v) is 8.78. The lowest BCUT2D eigenvalue weighted by Crippen LogP contribution is -2.36. The van der Waals surface area contributed by atoms with Gasteiger partial charge in [0, 0.05) is 44.3 Å². The van der Waals surface area contributed by atoms with Crippen LogP contribution in [0.25, 0.3) is 0 Å². The second kappa shape index (κ2) is 11.2. The van der Waals surface area contributed by atoms with Crippen LogP contribution in [-0.2, 0) is 13.1 Å². The maximum absolute atomic E-state index is 11.9. The number of carbonyl (C=O) groups is 1. The van der Waals surface area contributed by atoms with Crippen LogP contribution in [0.5, 0.6) is 0 Å². The zero-order chi connectivity index (χ0) is 18.2. The Morgan fingerprint density at radius 3 is 2.19 bits per heavy atom. The molecule has 2 aromatic carbocycles. The van der Waals surface area contributed by atoms with Gasteiger partial charge in [0.15, 0.2) is 5.96 Å². The summed E-state index contributed by atoms with van der Waals surface area (Å²) >= 11 is 3.47. The molecule has 5 nitrogen and oxygen atoms in total. The smallest absolute Gasteiger partial charge is 0.253 e. The summed E-state index contributed by atoms with van der Waals surface area (Å²) in [5.74, 6) is 0.736. The minimum atomic E-state index is 0. The Hall–Kier alpha value is -1.61. The van der Waals surface area contributed by atoms with Crippen LogP contribution in [0.4, 0.5) is 0 Å². The molecule has 0 aliphatic carbocycles. The number of aliphatic imine (C=N–C) groups is 1. The monoisotopic (exact) mass is 530 g/mol. The highest BCUT2D eigenvalue weighted by Gasteiger charge is 2.07. The Labute approximate surface area is 180 Å². The molecule has 2 N–H and O–H groups in total. The summed E-state index contributed by atoms with van der Waals surface area (Å²) in [6.45, 7) is 1.32. The van der Waals surface area contributed by atoms with Gasteiger partial charge in [0.25, 0.3) is 5.91 Å². The number of amides is 1. The molecule has 0 bridgehead atoms. The van der Waals surface area contributed by atoms with E-state index in [4.69, 9.17) is 0 Å². The van der Waals surface area contributed by atoms with Crippen LogP contribution >= 0.6 is 39.9 Å². The number of hydrogen-bond acceptors (Lipinski definition) is 2. The van der Waals surface area contributed by atoms with Gasteiger partial charge in [0.1, 0.15) is 0 Å². The van der Waals surface area contributed by atoms with E-state index in [2.05, 4.69) is 43.7 Å². The van der Waals surface area contributed by atoms with Gasteiger partial charge in [0.2, 0.25) is 0 Å². The van der Waals surface area contributed by atoms with Gasteiger partial charge in [-0.15, -0.1) is 24.0 Å². The van der Waals surface area contributed by atoms with Gasteiger partial charge in [0.05, 0.1) is 0 Å². The second-order valence-electron chi connectivity index (χ2n) is 5.81. The van der Waals surface area contributed by atoms with E-state index in [1.165, 1.54) is 5.56 Å². The fourth-order valence-electron chi connectivity index (χ4n) is 2.26. The largest absolute Gasteiger partial charge is 0.352 e. The molecule has 0 aromatic heterocycles. The van der Waals surface area contributed by atoms with Crippen LogP contribution in [0.3, 0.4) is 0 Å². The Bertz CT molecular complexity index is 747. The fraction of sp³-hybridized carbons (Fsp3) is 0.263. The molecule has 2 aromatic rings. The van der Waals surface area contributed by atoms with Crippen molar-refractivity contribution >= 4 is 51.8 Å². The van der Waals surface area contributed by atoms with Gasteiger partial charge in [-0.3, -0.25) is 9.79 Å². The summed E-state index contributed by atoms with van der Waals surface area (Å²) in [7, 11) is 5.24. The number of benzene rings is 2. The Morgan fingerprint density at radius 2 is 1.65 bits per heavy atom. The highest BCUT2D eigenvalue weighted by atomic mass is 127. The van der Waals surface area contributed by atoms with E-state index in [0.29, 0.717) is 18.7 Å². The summed E-state index contributed by atoms with van der Waals surface area (Å²) in [6.07, 6.45) is 0. The highest BCUT2D eigenvalue weighted by molar-refractivity contribution is 14.0. The first kappa shape index (κ1) is 22.4. The minimum absolute atomic E-state index is 0. The molecule has 0 atom stereocenters. The third-order valence-electron chi connectivity index (χ3n) is 3.64. The average molecular weight is 531 g/mol. The Kier molecular flexibility index (Phi) is 9.64. The van der Waals surface area contributed by atoms with Crippen molar-refractivity contribution in [1.82, 2.24) is 15.5 Å². The first-order chi connectivity index (χ1) is 12.0. The molecule has 0 saturated carbocycles. The molecular weight excluding hydrogens is 507 g/mol. The number of halogens is 2. The number of rotatable bonds is 5. The lowest BCUT2D eigenvalue weighted by atomic mass is 10.1. The van der Waals surface area contributed by atoms with Crippen LogP contribution in [0, 0.1) is 0 Å². The SMILES string of the molecule is CN=C(NCc1ccc(C(=O)N(C)C)cc1)NCc1cccc(Br)c1.I. The minimum Gasteiger partial charge on any atom is -0.352 e. The van der Waals surface area contributed by atoms with Crippen molar-refractivity contribution in [2.24, 2.45) is 4.99 Å². The quantitative estimate of drug-likeness (QED) is 0.352.